The molecule has 1 N–H and O–H groups in total. The highest BCUT2D eigenvalue weighted by Gasteiger charge is 2.45. The molecule has 0 aromatic heterocycles. The molecular weight excluding hydrogens is 434 g/mol. The average Bonchev–Trinajstić information content (AvgIpc) is 2.50. The zero-order valence-corrected chi connectivity index (χ0v) is 14.7. The fourth-order valence-electron chi connectivity index (χ4n) is 2.98. The van der Waals surface area contributed by atoms with Gasteiger partial charge in [0.2, 0.25) is 0 Å². The first kappa shape index (κ1) is 24.8. The minimum atomic E-state index is -5.46. The van der Waals surface area contributed by atoms with Crippen molar-refractivity contribution in [3.8, 4) is 0 Å². The molecule has 0 bridgehead atoms. The number of hydrogen-bond acceptors (Lipinski definition) is 2. The van der Waals surface area contributed by atoms with Crippen molar-refractivity contribution in [1.29, 1.82) is 0 Å². The third-order valence-corrected chi connectivity index (χ3v) is 4.11. The van der Waals surface area contributed by atoms with Gasteiger partial charge in [-0.2, -0.15) is 39.5 Å². The molecule has 2 rings (SSSR count). The molecule has 1 aliphatic rings. The minimum Gasteiger partial charge on any atom is -0.314 e. The van der Waals surface area contributed by atoms with E-state index < -0.39 is 53.5 Å². The lowest BCUT2D eigenvalue weighted by Gasteiger charge is -2.37. The van der Waals surface area contributed by atoms with E-state index in [0.29, 0.717) is 0 Å². The van der Waals surface area contributed by atoms with Crippen LogP contribution in [0.2, 0.25) is 0 Å². The van der Waals surface area contributed by atoms with Gasteiger partial charge in [-0.25, -0.2) is 4.39 Å². The monoisotopic (exact) mass is 448 g/mol. The van der Waals surface area contributed by atoms with E-state index in [0.717, 1.165) is 4.90 Å². The summed E-state index contributed by atoms with van der Waals surface area (Å²) >= 11 is 0. The van der Waals surface area contributed by atoms with Crippen LogP contribution in [0.4, 0.5) is 43.9 Å². The molecule has 1 saturated heterocycles. The van der Waals surface area contributed by atoms with Crippen LogP contribution in [0.1, 0.15) is 29.2 Å². The van der Waals surface area contributed by atoms with Gasteiger partial charge in [0.05, 0.1) is 17.5 Å². The SMILES string of the molecule is Cl.Fc1cc(C(F)(F)F)cc(C(F)(F)F)c1[C@H](CC(F)(F)F)N1CCNCC1. The van der Waals surface area contributed by atoms with Gasteiger partial charge in [-0.3, -0.25) is 4.90 Å². The molecule has 1 aromatic carbocycles. The lowest BCUT2D eigenvalue weighted by molar-refractivity contribution is -0.154. The minimum absolute atomic E-state index is 0. The van der Waals surface area contributed by atoms with E-state index in [1.165, 1.54) is 0 Å². The molecule has 0 radical (unpaired) electrons. The number of alkyl halides is 9. The van der Waals surface area contributed by atoms with Gasteiger partial charge in [0.1, 0.15) is 5.82 Å². The van der Waals surface area contributed by atoms with E-state index in [4.69, 9.17) is 0 Å². The fraction of sp³-hybridized carbons (Fsp3) is 0.600. The fourth-order valence-corrected chi connectivity index (χ4v) is 2.98. The second-order valence-corrected chi connectivity index (χ2v) is 6.04. The Hall–Kier alpha value is -1.27. The van der Waals surface area contributed by atoms with Crippen molar-refractivity contribution >= 4 is 12.4 Å². The Bertz CT molecular complexity index is 663. The van der Waals surface area contributed by atoms with E-state index in [2.05, 4.69) is 5.32 Å². The summed E-state index contributed by atoms with van der Waals surface area (Å²) in [6, 6.07) is -2.63. The predicted octanol–water partition coefficient (Wildman–Crippen LogP) is 5.18. The normalized spacial score (nSPS) is 17.9. The molecule has 0 aliphatic carbocycles. The van der Waals surface area contributed by atoms with Gasteiger partial charge in [-0.15, -0.1) is 12.4 Å². The molecule has 1 fully saturated rings. The number of halogens is 11. The van der Waals surface area contributed by atoms with E-state index in [1.54, 1.807) is 0 Å². The highest BCUT2D eigenvalue weighted by molar-refractivity contribution is 5.85. The quantitative estimate of drug-likeness (QED) is 0.641. The number of benzene rings is 1. The molecule has 28 heavy (non-hydrogen) atoms. The molecule has 13 heteroatoms. The molecule has 0 amide bonds. The molecule has 162 valence electrons. The Labute approximate surface area is 159 Å². The van der Waals surface area contributed by atoms with Gasteiger partial charge >= 0.3 is 18.5 Å². The summed E-state index contributed by atoms with van der Waals surface area (Å²) in [6.07, 6.45) is -17.5. The second-order valence-electron chi connectivity index (χ2n) is 6.04. The molecule has 1 atom stereocenters. The first-order chi connectivity index (χ1) is 12.2. The summed E-state index contributed by atoms with van der Waals surface area (Å²) in [5.41, 5.74) is -5.39. The van der Waals surface area contributed by atoms with Crippen LogP contribution in [-0.4, -0.2) is 37.3 Å². The Kier molecular flexibility index (Phi) is 7.62. The van der Waals surface area contributed by atoms with Gasteiger partial charge in [0.15, 0.2) is 0 Å². The number of piperazine rings is 1. The van der Waals surface area contributed by atoms with E-state index in [1.807, 2.05) is 0 Å². The summed E-state index contributed by atoms with van der Waals surface area (Å²) in [5, 5.41) is 2.78. The van der Waals surface area contributed by atoms with Crippen molar-refractivity contribution in [2.24, 2.45) is 0 Å². The van der Waals surface area contributed by atoms with Gasteiger partial charge in [0.25, 0.3) is 0 Å². The number of nitrogens with one attached hydrogen (secondary N) is 1. The summed E-state index contributed by atoms with van der Waals surface area (Å²) in [7, 11) is 0. The van der Waals surface area contributed by atoms with Crippen molar-refractivity contribution < 1.29 is 43.9 Å². The predicted molar refractivity (Wildman–Crippen MR) is 81.5 cm³/mol. The molecule has 1 aliphatic heterocycles. The third kappa shape index (κ3) is 6.11. The highest BCUT2D eigenvalue weighted by Crippen LogP contribution is 2.44. The lowest BCUT2D eigenvalue weighted by atomic mass is 9.92. The third-order valence-electron chi connectivity index (χ3n) is 4.11. The average molecular weight is 449 g/mol. The molecule has 0 unspecified atom stereocenters. The van der Waals surface area contributed by atoms with Crippen molar-refractivity contribution in [2.45, 2.75) is 31.0 Å². The maximum Gasteiger partial charge on any atom is 0.416 e. The maximum atomic E-state index is 14.3. The van der Waals surface area contributed by atoms with Crippen LogP contribution in [0.3, 0.4) is 0 Å². The number of hydrogen-bond donors (Lipinski definition) is 1. The standard InChI is InChI=1S/C15H14F10N2.ClH/c16-10-6-8(14(20,21)22)5-9(15(23,24)25)12(10)11(7-13(17,18)19)27-3-1-26-2-4-27;/h5-6,11,26H,1-4,7H2;1H/t11-;/m0./s1. The molecule has 0 saturated carbocycles. The molecule has 1 aromatic rings. The number of nitrogens with zero attached hydrogens (tertiary/aromatic N) is 1. The zero-order valence-electron chi connectivity index (χ0n) is 13.9. The van der Waals surface area contributed by atoms with Crippen LogP contribution in [-0.2, 0) is 12.4 Å². The van der Waals surface area contributed by atoms with Gasteiger partial charge < -0.3 is 5.32 Å². The van der Waals surface area contributed by atoms with Crippen molar-refractivity contribution in [1.82, 2.24) is 10.2 Å². The van der Waals surface area contributed by atoms with Crippen molar-refractivity contribution in [3.05, 3.63) is 34.6 Å². The Balaban J connectivity index is 0.00000392. The van der Waals surface area contributed by atoms with Crippen LogP contribution in [0.5, 0.6) is 0 Å². The molecular formula is C15H15ClF10N2. The Morgan fingerprint density at radius 1 is 0.893 bits per heavy atom. The van der Waals surface area contributed by atoms with E-state index in [-0.39, 0.29) is 50.7 Å². The molecule has 1 heterocycles. The van der Waals surface area contributed by atoms with Crippen LogP contribution in [0.25, 0.3) is 0 Å². The van der Waals surface area contributed by atoms with Crippen LogP contribution in [0.15, 0.2) is 12.1 Å². The second kappa shape index (κ2) is 8.62. The Morgan fingerprint density at radius 2 is 1.43 bits per heavy atom. The topological polar surface area (TPSA) is 15.3 Å². The molecule has 0 spiro atoms. The summed E-state index contributed by atoms with van der Waals surface area (Å²) in [6.45, 7) is 0.0763. The van der Waals surface area contributed by atoms with Crippen LogP contribution in [0, 0.1) is 5.82 Å². The Morgan fingerprint density at radius 3 is 1.86 bits per heavy atom. The smallest absolute Gasteiger partial charge is 0.314 e. The zero-order chi connectivity index (χ0) is 20.6. The van der Waals surface area contributed by atoms with Crippen LogP contribution < -0.4 is 5.32 Å². The molecule has 2 nitrogen and oxygen atoms in total. The van der Waals surface area contributed by atoms with Gasteiger partial charge in [-0.1, -0.05) is 0 Å². The highest BCUT2D eigenvalue weighted by atomic mass is 35.5. The van der Waals surface area contributed by atoms with Crippen LogP contribution >= 0.6 is 12.4 Å². The van der Waals surface area contributed by atoms with Crippen molar-refractivity contribution in [3.63, 3.8) is 0 Å². The van der Waals surface area contributed by atoms with Gasteiger partial charge in [-0.05, 0) is 12.1 Å². The first-order valence-electron chi connectivity index (χ1n) is 7.69. The largest absolute Gasteiger partial charge is 0.416 e. The summed E-state index contributed by atoms with van der Waals surface area (Å²) in [4.78, 5) is 0.991. The van der Waals surface area contributed by atoms with Gasteiger partial charge in [0, 0.05) is 37.8 Å². The maximum absolute atomic E-state index is 14.3. The van der Waals surface area contributed by atoms with E-state index in [9.17, 15) is 43.9 Å². The lowest BCUT2D eigenvalue weighted by Crippen LogP contribution is -2.46. The summed E-state index contributed by atoms with van der Waals surface area (Å²) in [5.74, 6) is -1.97. The first-order valence-corrected chi connectivity index (χ1v) is 7.69. The van der Waals surface area contributed by atoms with Crippen molar-refractivity contribution in [2.75, 3.05) is 26.2 Å². The summed E-state index contributed by atoms with van der Waals surface area (Å²) < 4.78 is 131. The van der Waals surface area contributed by atoms with E-state index >= 15 is 0 Å². The number of rotatable bonds is 3.